The van der Waals surface area contributed by atoms with Crippen molar-refractivity contribution in [1.82, 2.24) is 19.9 Å². The molecular weight excluding hydrogens is 324 g/mol. The number of nitrogens with two attached hydrogens (primary N) is 1. The second-order valence-electron chi connectivity index (χ2n) is 7.37. The number of hydrogen-bond donors (Lipinski definition) is 3. The first kappa shape index (κ1) is 17.0. The zero-order valence-electron chi connectivity index (χ0n) is 15.4. The van der Waals surface area contributed by atoms with Gasteiger partial charge in [-0.3, -0.25) is 0 Å². The molecule has 1 aliphatic rings. The van der Waals surface area contributed by atoms with Crippen molar-refractivity contribution in [2.24, 2.45) is 5.73 Å². The monoisotopic (exact) mass is 350 g/mol. The number of rotatable bonds is 6. The molecule has 0 saturated heterocycles. The average Bonchev–Trinajstić information content (AvgIpc) is 3.03. The van der Waals surface area contributed by atoms with Crippen LogP contribution in [0, 0.1) is 13.8 Å². The van der Waals surface area contributed by atoms with Crippen molar-refractivity contribution in [3.05, 3.63) is 47.2 Å². The Morgan fingerprint density at radius 1 is 1.23 bits per heavy atom. The summed E-state index contributed by atoms with van der Waals surface area (Å²) in [5.41, 5.74) is 11.7. The molecule has 6 heteroatoms. The Morgan fingerprint density at radius 3 is 2.88 bits per heavy atom. The van der Waals surface area contributed by atoms with Gasteiger partial charge in [-0.25, -0.2) is 15.0 Å². The summed E-state index contributed by atoms with van der Waals surface area (Å²) in [6, 6.07) is 6.65. The number of H-pyrrole nitrogens is 1. The minimum atomic E-state index is 0.336. The number of nitrogens with one attached hydrogen (secondary N) is 2. The summed E-state index contributed by atoms with van der Waals surface area (Å²) < 4.78 is 0. The van der Waals surface area contributed by atoms with Gasteiger partial charge in [0.15, 0.2) is 0 Å². The fraction of sp³-hybridized carbons (Fsp3) is 0.450. The minimum Gasteiger partial charge on any atom is -0.370 e. The topological polar surface area (TPSA) is 92.5 Å². The third-order valence-corrected chi connectivity index (χ3v) is 5.41. The van der Waals surface area contributed by atoms with E-state index in [9.17, 15) is 0 Å². The van der Waals surface area contributed by atoms with Gasteiger partial charge in [-0.15, -0.1) is 0 Å². The van der Waals surface area contributed by atoms with Gasteiger partial charge in [-0.05, 0) is 50.3 Å². The third-order valence-electron chi connectivity index (χ3n) is 5.41. The smallest absolute Gasteiger partial charge is 0.129 e. The number of anilines is 1. The molecule has 0 bridgehead atoms. The van der Waals surface area contributed by atoms with Gasteiger partial charge in [-0.1, -0.05) is 6.07 Å². The Bertz CT molecular complexity index is 910. The number of imidazole rings is 1. The van der Waals surface area contributed by atoms with Crippen LogP contribution in [-0.4, -0.2) is 32.5 Å². The van der Waals surface area contributed by atoms with Gasteiger partial charge in [0.1, 0.15) is 18.0 Å². The summed E-state index contributed by atoms with van der Waals surface area (Å²) in [6.45, 7) is 5.11. The van der Waals surface area contributed by atoms with E-state index in [4.69, 9.17) is 10.7 Å². The van der Waals surface area contributed by atoms with Crippen LogP contribution in [0.15, 0.2) is 24.5 Å². The lowest BCUT2D eigenvalue weighted by molar-refractivity contribution is 0.345. The Kier molecular flexibility index (Phi) is 4.59. The van der Waals surface area contributed by atoms with E-state index in [1.807, 2.05) is 0 Å². The molecule has 0 aliphatic heterocycles. The number of aryl methyl sites for hydroxylation is 3. The van der Waals surface area contributed by atoms with Gasteiger partial charge in [0, 0.05) is 36.7 Å². The summed E-state index contributed by atoms with van der Waals surface area (Å²) in [5.74, 6) is 2.43. The molecule has 4 rings (SSSR count). The number of nitrogens with zero attached hydrogens (tertiary/aromatic N) is 3. The van der Waals surface area contributed by atoms with Crippen molar-refractivity contribution in [2.45, 2.75) is 51.5 Å². The predicted octanol–water partition coefficient (Wildman–Crippen LogP) is 3.22. The van der Waals surface area contributed by atoms with Gasteiger partial charge in [0.05, 0.1) is 11.0 Å². The maximum atomic E-state index is 5.88. The van der Waals surface area contributed by atoms with E-state index in [0.29, 0.717) is 12.0 Å². The van der Waals surface area contributed by atoms with Crippen LogP contribution in [-0.2, 0) is 6.42 Å². The molecule has 0 radical (unpaired) electrons. The van der Waals surface area contributed by atoms with Crippen LogP contribution >= 0.6 is 0 Å². The van der Waals surface area contributed by atoms with Crippen LogP contribution < -0.4 is 11.1 Å². The van der Waals surface area contributed by atoms with E-state index in [1.54, 1.807) is 6.33 Å². The first-order chi connectivity index (χ1) is 12.6. The number of aromatic nitrogens is 4. The van der Waals surface area contributed by atoms with E-state index >= 15 is 0 Å². The van der Waals surface area contributed by atoms with Crippen LogP contribution in [0.4, 0.5) is 5.82 Å². The molecule has 1 aliphatic carbocycles. The normalized spacial score (nSPS) is 19.5. The summed E-state index contributed by atoms with van der Waals surface area (Å²) in [6.07, 6.45) is 5.61. The highest BCUT2D eigenvalue weighted by Crippen LogP contribution is 2.34. The largest absolute Gasteiger partial charge is 0.370 e. The standard InChI is InChI=1S/C20H26N6/c1-12-5-6-16-20(13(12)2)26-18(25-16)4-3-7-22-19-10-17(23-11-24-19)14-8-15(21)9-14/h5-6,10-11,14-15H,3-4,7-9,21H2,1-2H3,(H,25,26)(H,22,23,24). The van der Waals surface area contributed by atoms with E-state index in [1.165, 1.54) is 11.1 Å². The van der Waals surface area contributed by atoms with Crippen molar-refractivity contribution in [3.8, 4) is 0 Å². The first-order valence-corrected chi connectivity index (χ1v) is 9.36. The number of aromatic amines is 1. The molecule has 1 saturated carbocycles. The molecule has 1 aromatic carbocycles. The molecule has 3 aromatic rings. The fourth-order valence-corrected chi connectivity index (χ4v) is 3.55. The summed E-state index contributed by atoms with van der Waals surface area (Å²) in [5, 5.41) is 3.40. The van der Waals surface area contributed by atoms with Gasteiger partial charge in [-0.2, -0.15) is 0 Å². The maximum Gasteiger partial charge on any atom is 0.129 e. The minimum absolute atomic E-state index is 0.336. The summed E-state index contributed by atoms with van der Waals surface area (Å²) in [4.78, 5) is 16.9. The van der Waals surface area contributed by atoms with Crippen LogP contribution in [0.2, 0.25) is 0 Å². The van der Waals surface area contributed by atoms with Crippen molar-refractivity contribution in [2.75, 3.05) is 11.9 Å². The van der Waals surface area contributed by atoms with Crippen molar-refractivity contribution in [3.63, 3.8) is 0 Å². The first-order valence-electron chi connectivity index (χ1n) is 9.36. The lowest BCUT2D eigenvalue weighted by atomic mass is 9.79. The van der Waals surface area contributed by atoms with E-state index in [0.717, 1.165) is 60.6 Å². The highest BCUT2D eigenvalue weighted by Gasteiger charge is 2.28. The van der Waals surface area contributed by atoms with Gasteiger partial charge < -0.3 is 16.0 Å². The molecule has 0 spiro atoms. The molecule has 1 fully saturated rings. The predicted molar refractivity (Wildman–Crippen MR) is 104 cm³/mol. The van der Waals surface area contributed by atoms with E-state index < -0.39 is 0 Å². The van der Waals surface area contributed by atoms with Crippen LogP contribution in [0.5, 0.6) is 0 Å². The zero-order valence-corrected chi connectivity index (χ0v) is 15.4. The fourth-order valence-electron chi connectivity index (χ4n) is 3.55. The lowest BCUT2D eigenvalue weighted by Gasteiger charge is -2.31. The van der Waals surface area contributed by atoms with Crippen LogP contribution in [0.3, 0.4) is 0 Å². The highest BCUT2D eigenvalue weighted by molar-refractivity contribution is 5.79. The van der Waals surface area contributed by atoms with Gasteiger partial charge in [0.25, 0.3) is 0 Å². The number of hydrogen-bond acceptors (Lipinski definition) is 5. The molecule has 136 valence electrons. The molecule has 0 amide bonds. The molecule has 2 heterocycles. The van der Waals surface area contributed by atoms with Crippen molar-refractivity contribution >= 4 is 16.9 Å². The Labute approximate surface area is 153 Å². The van der Waals surface area contributed by atoms with E-state index in [-0.39, 0.29) is 0 Å². The number of fused-ring (bicyclic) bond motifs is 1. The molecule has 26 heavy (non-hydrogen) atoms. The SMILES string of the molecule is Cc1ccc2[nH]c(CCCNc3cc(C4CC(N)C4)ncn3)nc2c1C. The Morgan fingerprint density at radius 2 is 2.08 bits per heavy atom. The van der Waals surface area contributed by atoms with Crippen LogP contribution in [0.1, 0.15) is 47.8 Å². The molecule has 0 unspecified atom stereocenters. The Hall–Kier alpha value is -2.47. The second kappa shape index (κ2) is 7.03. The summed E-state index contributed by atoms with van der Waals surface area (Å²) in [7, 11) is 0. The van der Waals surface area contributed by atoms with Crippen LogP contribution in [0.25, 0.3) is 11.0 Å². The molecular formula is C20H26N6. The van der Waals surface area contributed by atoms with E-state index in [2.05, 4.69) is 52.3 Å². The molecule has 6 nitrogen and oxygen atoms in total. The number of benzene rings is 1. The quantitative estimate of drug-likeness (QED) is 0.594. The van der Waals surface area contributed by atoms with Gasteiger partial charge >= 0.3 is 0 Å². The van der Waals surface area contributed by atoms with Crippen molar-refractivity contribution < 1.29 is 0 Å². The summed E-state index contributed by atoms with van der Waals surface area (Å²) >= 11 is 0. The lowest BCUT2D eigenvalue weighted by Crippen LogP contribution is -2.35. The third kappa shape index (κ3) is 3.42. The molecule has 2 aromatic heterocycles. The highest BCUT2D eigenvalue weighted by atomic mass is 15.0. The maximum absolute atomic E-state index is 5.88. The Balaban J connectivity index is 1.31. The van der Waals surface area contributed by atoms with Gasteiger partial charge in [0.2, 0.25) is 0 Å². The second-order valence-corrected chi connectivity index (χ2v) is 7.37. The van der Waals surface area contributed by atoms with Crippen molar-refractivity contribution in [1.29, 1.82) is 0 Å². The molecule has 4 N–H and O–H groups in total. The zero-order chi connectivity index (χ0) is 18.1. The average molecular weight is 350 g/mol. The molecule has 0 atom stereocenters.